The highest BCUT2D eigenvalue weighted by Gasteiger charge is 2.45. The van der Waals surface area contributed by atoms with E-state index in [4.69, 9.17) is 0 Å². The van der Waals surface area contributed by atoms with Crippen molar-refractivity contribution >= 4 is 17.1 Å². The fraction of sp³-hybridized carbons (Fsp3) is 0.0164. The predicted octanol–water partition coefficient (Wildman–Crippen LogP) is 16.2. The van der Waals surface area contributed by atoms with E-state index >= 15 is 0 Å². The molecule has 62 heavy (non-hydrogen) atoms. The number of nitrogens with zero attached hydrogens (tertiary/aromatic N) is 1. The van der Waals surface area contributed by atoms with Gasteiger partial charge in [0.1, 0.15) is 0 Å². The molecule has 0 unspecified atom stereocenters. The molecule has 0 aromatic heterocycles. The summed E-state index contributed by atoms with van der Waals surface area (Å²) < 4.78 is 0. The van der Waals surface area contributed by atoms with Crippen molar-refractivity contribution in [3.63, 3.8) is 0 Å². The predicted molar refractivity (Wildman–Crippen MR) is 260 cm³/mol. The van der Waals surface area contributed by atoms with Crippen molar-refractivity contribution in [2.45, 2.75) is 5.41 Å². The van der Waals surface area contributed by atoms with Crippen molar-refractivity contribution in [2.75, 3.05) is 4.90 Å². The maximum atomic E-state index is 2.41. The summed E-state index contributed by atoms with van der Waals surface area (Å²) in [4.78, 5) is 2.34. The van der Waals surface area contributed by atoms with E-state index in [1.165, 1.54) is 77.9 Å². The van der Waals surface area contributed by atoms with Gasteiger partial charge < -0.3 is 4.90 Å². The van der Waals surface area contributed by atoms with Gasteiger partial charge in [0.25, 0.3) is 0 Å². The molecule has 0 radical (unpaired) electrons. The summed E-state index contributed by atoms with van der Waals surface area (Å²) >= 11 is 0. The number of hydrogen-bond acceptors (Lipinski definition) is 1. The van der Waals surface area contributed by atoms with Crippen LogP contribution in [0.2, 0.25) is 0 Å². The molecule has 1 heteroatoms. The third kappa shape index (κ3) is 6.52. The summed E-state index contributed by atoms with van der Waals surface area (Å²) in [5.41, 5.74) is 20.3. The van der Waals surface area contributed by atoms with Crippen LogP contribution in [0, 0.1) is 0 Å². The normalized spacial score (nSPS) is 12.3. The van der Waals surface area contributed by atoms with Crippen LogP contribution in [0.5, 0.6) is 0 Å². The van der Waals surface area contributed by atoms with Crippen LogP contribution in [0.4, 0.5) is 17.1 Å². The van der Waals surface area contributed by atoms with Crippen LogP contribution in [-0.4, -0.2) is 0 Å². The van der Waals surface area contributed by atoms with Crippen molar-refractivity contribution in [1.82, 2.24) is 0 Å². The Labute approximate surface area is 364 Å². The maximum absolute atomic E-state index is 2.41. The first-order valence-corrected chi connectivity index (χ1v) is 21.4. The van der Waals surface area contributed by atoms with E-state index in [1.807, 2.05) is 0 Å². The van der Waals surface area contributed by atoms with Gasteiger partial charge in [-0.3, -0.25) is 0 Å². The molecule has 10 aromatic carbocycles. The molecule has 0 atom stereocenters. The maximum Gasteiger partial charge on any atom is 0.0713 e. The first-order chi connectivity index (χ1) is 30.7. The second-order valence-electron chi connectivity index (χ2n) is 16.1. The van der Waals surface area contributed by atoms with Gasteiger partial charge in [0.2, 0.25) is 0 Å². The van der Waals surface area contributed by atoms with Crippen LogP contribution < -0.4 is 4.90 Å². The highest BCUT2D eigenvalue weighted by molar-refractivity contribution is 5.89. The molecule has 292 valence electrons. The Morgan fingerprint density at radius 2 is 0.565 bits per heavy atom. The summed E-state index contributed by atoms with van der Waals surface area (Å²) in [6, 6.07) is 95.0. The van der Waals surface area contributed by atoms with E-state index in [0.717, 1.165) is 17.1 Å². The highest BCUT2D eigenvalue weighted by Crippen LogP contribution is 2.56. The first-order valence-electron chi connectivity index (χ1n) is 21.4. The fourth-order valence-electron chi connectivity index (χ4n) is 9.62. The standard InChI is InChI=1S/C61H43N/c1-5-16-44(17-6-1)46-28-35-54(36-29-46)62(55-37-30-47(31-38-55)45-18-7-2-8-19-45)56-39-32-48(33-40-56)49-20-15-21-50(42-49)51-34-41-60-58(43-51)57-26-13-14-27-59(57)61(60,52-22-9-3-10-23-52)53-24-11-4-12-25-53/h1-43H. The molecule has 0 fully saturated rings. The Bertz CT molecular complexity index is 3000. The molecule has 1 aliphatic carbocycles. The quantitative estimate of drug-likeness (QED) is 0.141. The van der Waals surface area contributed by atoms with E-state index in [1.54, 1.807) is 0 Å². The van der Waals surface area contributed by atoms with Crippen molar-refractivity contribution in [2.24, 2.45) is 0 Å². The Morgan fingerprint density at radius 1 is 0.226 bits per heavy atom. The van der Waals surface area contributed by atoms with Gasteiger partial charge >= 0.3 is 0 Å². The Hall–Kier alpha value is -8.00. The second kappa shape index (κ2) is 15.9. The minimum absolute atomic E-state index is 0.404. The van der Waals surface area contributed by atoms with Gasteiger partial charge in [-0.1, -0.05) is 212 Å². The van der Waals surface area contributed by atoms with E-state index in [0.29, 0.717) is 0 Å². The van der Waals surface area contributed by atoms with Crippen LogP contribution in [0.15, 0.2) is 261 Å². The molecule has 0 N–H and O–H groups in total. The van der Waals surface area contributed by atoms with Crippen LogP contribution >= 0.6 is 0 Å². The monoisotopic (exact) mass is 789 g/mol. The highest BCUT2D eigenvalue weighted by atomic mass is 15.1. The van der Waals surface area contributed by atoms with Gasteiger partial charge in [0.15, 0.2) is 0 Å². The van der Waals surface area contributed by atoms with Crippen molar-refractivity contribution in [3.8, 4) is 55.6 Å². The summed E-state index contributed by atoms with van der Waals surface area (Å²) in [7, 11) is 0. The van der Waals surface area contributed by atoms with E-state index in [-0.39, 0.29) is 0 Å². The molecule has 0 amide bonds. The molecule has 1 aliphatic rings. The van der Waals surface area contributed by atoms with Crippen LogP contribution in [0.25, 0.3) is 55.6 Å². The zero-order chi connectivity index (χ0) is 41.3. The van der Waals surface area contributed by atoms with Gasteiger partial charge in [-0.2, -0.15) is 0 Å². The largest absolute Gasteiger partial charge is 0.311 e. The molecule has 1 nitrogen and oxygen atoms in total. The molecular weight excluding hydrogens is 747 g/mol. The minimum atomic E-state index is -0.404. The van der Waals surface area contributed by atoms with Gasteiger partial charge in [-0.25, -0.2) is 0 Å². The van der Waals surface area contributed by atoms with Crippen molar-refractivity contribution in [3.05, 3.63) is 283 Å². The Balaban J connectivity index is 0.948. The van der Waals surface area contributed by atoms with Gasteiger partial charge in [0, 0.05) is 17.1 Å². The Kier molecular flexibility index (Phi) is 9.48. The number of hydrogen-bond donors (Lipinski definition) is 0. The smallest absolute Gasteiger partial charge is 0.0713 e. The number of benzene rings is 10. The van der Waals surface area contributed by atoms with Gasteiger partial charge in [-0.05, 0) is 126 Å². The molecule has 0 spiro atoms. The number of anilines is 3. The topological polar surface area (TPSA) is 3.24 Å². The zero-order valence-electron chi connectivity index (χ0n) is 34.3. The SMILES string of the molecule is c1ccc(-c2ccc(N(c3ccc(-c4ccccc4)cc3)c3ccc(-c4cccc(-c5ccc6c(c5)-c5ccccc5C6(c5ccccc5)c5ccccc5)c4)cc3)cc2)cc1. The van der Waals surface area contributed by atoms with Crippen LogP contribution in [0.1, 0.15) is 22.3 Å². The molecular formula is C61H43N. The molecule has 11 rings (SSSR count). The van der Waals surface area contributed by atoms with Gasteiger partial charge in [0.05, 0.1) is 5.41 Å². The molecule has 0 saturated heterocycles. The van der Waals surface area contributed by atoms with Crippen molar-refractivity contribution in [1.29, 1.82) is 0 Å². The van der Waals surface area contributed by atoms with Crippen LogP contribution in [0.3, 0.4) is 0 Å². The second-order valence-corrected chi connectivity index (χ2v) is 16.1. The lowest BCUT2D eigenvalue weighted by Crippen LogP contribution is -2.28. The van der Waals surface area contributed by atoms with Crippen LogP contribution in [-0.2, 0) is 5.41 Å². The molecule has 0 saturated carbocycles. The zero-order valence-corrected chi connectivity index (χ0v) is 34.3. The third-order valence-corrected chi connectivity index (χ3v) is 12.6. The average molecular weight is 790 g/mol. The summed E-state index contributed by atoms with van der Waals surface area (Å²) in [6.07, 6.45) is 0. The average Bonchev–Trinajstić information content (AvgIpc) is 3.66. The molecule has 10 aromatic rings. The van der Waals surface area contributed by atoms with Gasteiger partial charge in [-0.15, -0.1) is 0 Å². The Morgan fingerprint density at radius 3 is 1.06 bits per heavy atom. The molecule has 0 bridgehead atoms. The summed E-state index contributed by atoms with van der Waals surface area (Å²) in [5.74, 6) is 0. The summed E-state index contributed by atoms with van der Waals surface area (Å²) in [6.45, 7) is 0. The van der Waals surface area contributed by atoms with Crippen molar-refractivity contribution < 1.29 is 0 Å². The summed E-state index contributed by atoms with van der Waals surface area (Å²) in [5, 5.41) is 0. The molecule has 0 heterocycles. The van der Waals surface area contributed by atoms with E-state index in [2.05, 4.69) is 266 Å². The van der Waals surface area contributed by atoms with E-state index < -0.39 is 5.41 Å². The lowest BCUT2D eigenvalue weighted by Gasteiger charge is -2.33. The minimum Gasteiger partial charge on any atom is -0.311 e. The van der Waals surface area contributed by atoms with E-state index in [9.17, 15) is 0 Å². The first kappa shape index (κ1) is 37.0. The fourth-order valence-corrected chi connectivity index (χ4v) is 9.62. The molecule has 0 aliphatic heterocycles. The number of fused-ring (bicyclic) bond motifs is 3. The lowest BCUT2D eigenvalue weighted by atomic mass is 9.67. The lowest BCUT2D eigenvalue weighted by molar-refractivity contribution is 0.768. The third-order valence-electron chi connectivity index (χ3n) is 12.6. The number of rotatable bonds is 9.